The van der Waals surface area contributed by atoms with Gasteiger partial charge in [-0.05, 0) is 37.5 Å². The molecule has 0 radical (unpaired) electrons. The summed E-state index contributed by atoms with van der Waals surface area (Å²) in [4.78, 5) is 17.4. The third-order valence-electron chi connectivity index (χ3n) is 4.26. The van der Waals surface area contributed by atoms with E-state index in [1.807, 2.05) is 61.5 Å². The molecule has 1 unspecified atom stereocenters. The molecular formula is C21H22N2O2. The molecule has 1 atom stereocenters. The molecular weight excluding hydrogens is 312 g/mol. The maximum atomic E-state index is 12.9. The van der Waals surface area contributed by atoms with Gasteiger partial charge in [-0.15, -0.1) is 0 Å². The molecule has 4 nitrogen and oxygen atoms in total. The van der Waals surface area contributed by atoms with Crippen molar-refractivity contribution in [2.45, 2.75) is 25.8 Å². The summed E-state index contributed by atoms with van der Waals surface area (Å²) < 4.78 is 0. The molecule has 2 aromatic carbocycles. The summed E-state index contributed by atoms with van der Waals surface area (Å²) in [6.45, 7) is 2.02. The number of benzene rings is 2. The van der Waals surface area contributed by atoms with E-state index in [4.69, 9.17) is 5.11 Å². The van der Waals surface area contributed by atoms with E-state index in [2.05, 4.69) is 10.3 Å². The molecule has 2 N–H and O–H groups in total. The molecule has 128 valence electrons. The summed E-state index contributed by atoms with van der Waals surface area (Å²) in [6.07, 6.45) is 1.32. The minimum atomic E-state index is -0.143. The normalized spacial score (nSPS) is 12.1. The van der Waals surface area contributed by atoms with Gasteiger partial charge >= 0.3 is 0 Å². The number of nitrogens with one attached hydrogen (secondary N) is 1. The van der Waals surface area contributed by atoms with Crippen LogP contribution in [0.25, 0.3) is 10.9 Å². The Labute approximate surface area is 147 Å². The van der Waals surface area contributed by atoms with Crippen LogP contribution in [0.1, 0.15) is 40.5 Å². The van der Waals surface area contributed by atoms with E-state index < -0.39 is 0 Å². The van der Waals surface area contributed by atoms with Crippen LogP contribution in [0.2, 0.25) is 0 Å². The predicted molar refractivity (Wildman–Crippen MR) is 99.4 cm³/mol. The molecule has 1 amide bonds. The second-order valence-corrected chi connectivity index (χ2v) is 6.13. The first-order valence-corrected chi connectivity index (χ1v) is 8.52. The number of aliphatic hydroxyl groups is 1. The Morgan fingerprint density at radius 2 is 1.88 bits per heavy atom. The molecule has 0 saturated carbocycles. The molecule has 0 aliphatic rings. The van der Waals surface area contributed by atoms with E-state index in [0.29, 0.717) is 23.9 Å². The standard InChI is InChI=1S/C21H22N2O2/c1-15-12-13-17-9-5-10-18(20(17)22-15)21(25)23-19(11-6-14-24)16-7-3-2-4-8-16/h2-5,7-10,12-13,19,24H,6,11,14H2,1H3,(H,23,25). The summed E-state index contributed by atoms with van der Waals surface area (Å²) in [5, 5.41) is 13.2. The summed E-state index contributed by atoms with van der Waals surface area (Å²) in [5.41, 5.74) is 3.21. The fraction of sp³-hybridized carbons (Fsp3) is 0.238. The zero-order valence-corrected chi connectivity index (χ0v) is 14.3. The van der Waals surface area contributed by atoms with Gasteiger partial charge in [-0.3, -0.25) is 9.78 Å². The summed E-state index contributed by atoms with van der Waals surface area (Å²) in [5.74, 6) is -0.143. The van der Waals surface area contributed by atoms with Crippen LogP contribution in [-0.4, -0.2) is 22.6 Å². The van der Waals surface area contributed by atoms with Crippen LogP contribution in [0, 0.1) is 6.92 Å². The molecule has 0 aliphatic heterocycles. The van der Waals surface area contributed by atoms with Crippen molar-refractivity contribution in [2.24, 2.45) is 0 Å². The molecule has 4 heteroatoms. The average molecular weight is 334 g/mol. The first-order chi connectivity index (χ1) is 12.2. The third kappa shape index (κ3) is 4.03. The highest BCUT2D eigenvalue weighted by atomic mass is 16.3. The van der Waals surface area contributed by atoms with E-state index in [0.717, 1.165) is 16.6 Å². The second-order valence-electron chi connectivity index (χ2n) is 6.13. The Hall–Kier alpha value is -2.72. The number of aliphatic hydroxyl groups excluding tert-OH is 1. The number of rotatable bonds is 6. The van der Waals surface area contributed by atoms with Crippen molar-refractivity contribution in [1.82, 2.24) is 10.3 Å². The number of pyridine rings is 1. The van der Waals surface area contributed by atoms with Crippen LogP contribution in [0.3, 0.4) is 0 Å². The molecule has 3 rings (SSSR count). The topological polar surface area (TPSA) is 62.2 Å². The van der Waals surface area contributed by atoms with Crippen molar-refractivity contribution < 1.29 is 9.90 Å². The maximum Gasteiger partial charge on any atom is 0.253 e. The molecule has 0 saturated heterocycles. The number of carbonyl (C=O) groups is 1. The molecule has 0 fully saturated rings. The quantitative estimate of drug-likeness (QED) is 0.721. The lowest BCUT2D eigenvalue weighted by molar-refractivity contribution is 0.0934. The van der Waals surface area contributed by atoms with E-state index in [9.17, 15) is 4.79 Å². The first kappa shape index (κ1) is 17.1. The fourth-order valence-corrected chi connectivity index (χ4v) is 2.97. The van der Waals surface area contributed by atoms with Crippen LogP contribution in [0.15, 0.2) is 60.7 Å². The largest absolute Gasteiger partial charge is 0.396 e. The molecule has 1 aromatic heterocycles. The first-order valence-electron chi connectivity index (χ1n) is 8.52. The molecule has 0 spiro atoms. The lowest BCUT2D eigenvalue weighted by Gasteiger charge is -2.19. The number of hydrogen-bond donors (Lipinski definition) is 2. The number of amides is 1. The highest BCUT2D eigenvalue weighted by Gasteiger charge is 2.17. The van der Waals surface area contributed by atoms with Crippen LogP contribution in [0.5, 0.6) is 0 Å². The predicted octanol–water partition coefficient (Wildman–Crippen LogP) is 3.79. The number of aryl methyl sites for hydroxylation is 1. The summed E-state index contributed by atoms with van der Waals surface area (Å²) in [6, 6.07) is 19.3. The van der Waals surface area contributed by atoms with Gasteiger partial charge in [-0.2, -0.15) is 0 Å². The second kappa shape index (κ2) is 7.90. The van der Waals surface area contributed by atoms with Crippen molar-refractivity contribution in [1.29, 1.82) is 0 Å². The van der Waals surface area contributed by atoms with Crippen molar-refractivity contribution in [2.75, 3.05) is 6.61 Å². The van der Waals surface area contributed by atoms with Gasteiger partial charge in [-0.25, -0.2) is 0 Å². The Morgan fingerprint density at radius 1 is 1.08 bits per heavy atom. The molecule has 3 aromatic rings. The number of carbonyl (C=O) groups excluding carboxylic acids is 1. The van der Waals surface area contributed by atoms with E-state index >= 15 is 0 Å². The summed E-state index contributed by atoms with van der Waals surface area (Å²) >= 11 is 0. The van der Waals surface area contributed by atoms with Gasteiger partial charge in [0.2, 0.25) is 0 Å². The summed E-state index contributed by atoms with van der Waals surface area (Å²) in [7, 11) is 0. The van der Waals surface area contributed by atoms with Gasteiger partial charge in [0.05, 0.1) is 17.1 Å². The minimum absolute atomic E-state index is 0.105. The van der Waals surface area contributed by atoms with Crippen molar-refractivity contribution in [3.8, 4) is 0 Å². The zero-order chi connectivity index (χ0) is 17.6. The monoisotopic (exact) mass is 334 g/mol. The van der Waals surface area contributed by atoms with Crippen molar-refractivity contribution >= 4 is 16.8 Å². The molecule has 1 heterocycles. The van der Waals surface area contributed by atoms with Crippen molar-refractivity contribution in [3.63, 3.8) is 0 Å². The van der Waals surface area contributed by atoms with Crippen LogP contribution >= 0.6 is 0 Å². The Balaban J connectivity index is 1.90. The number of aromatic nitrogens is 1. The van der Waals surface area contributed by atoms with Crippen LogP contribution in [-0.2, 0) is 0 Å². The number of fused-ring (bicyclic) bond motifs is 1. The Bertz CT molecular complexity index is 862. The lowest BCUT2D eigenvalue weighted by atomic mass is 10.0. The number of para-hydroxylation sites is 1. The van der Waals surface area contributed by atoms with Gasteiger partial charge in [0.1, 0.15) is 0 Å². The SMILES string of the molecule is Cc1ccc2cccc(C(=O)NC(CCCO)c3ccccc3)c2n1. The van der Waals surface area contributed by atoms with E-state index in [-0.39, 0.29) is 18.6 Å². The van der Waals surface area contributed by atoms with Crippen LogP contribution in [0.4, 0.5) is 0 Å². The van der Waals surface area contributed by atoms with Gasteiger partial charge in [0, 0.05) is 17.7 Å². The van der Waals surface area contributed by atoms with Gasteiger partial charge < -0.3 is 10.4 Å². The van der Waals surface area contributed by atoms with E-state index in [1.54, 1.807) is 6.07 Å². The average Bonchev–Trinajstić information content (AvgIpc) is 2.65. The zero-order valence-electron chi connectivity index (χ0n) is 14.3. The van der Waals surface area contributed by atoms with Gasteiger partial charge in [0.25, 0.3) is 5.91 Å². The minimum Gasteiger partial charge on any atom is -0.396 e. The third-order valence-corrected chi connectivity index (χ3v) is 4.26. The van der Waals surface area contributed by atoms with Crippen LogP contribution < -0.4 is 5.32 Å². The molecule has 25 heavy (non-hydrogen) atoms. The van der Waals surface area contributed by atoms with Gasteiger partial charge in [-0.1, -0.05) is 48.5 Å². The highest BCUT2D eigenvalue weighted by Crippen LogP contribution is 2.21. The molecule has 0 aliphatic carbocycles. The lowest BCUT2D eigenvalue weighted by Crippen LogP contribution is -2.29. The maximum absolute atomic E-state index is 12.9. The Morgan fingerprint density at radius 3 is 2.64 bits per heavy atom. The number of nitrogens with zero attached hydrogens (tertiary/aromatic N) is 1. The van der Waals surface area contributed by atoms with E-state index in [1.165, 1.54) is 0 Å². The Kier molecular flexibility index (Phi) is 5.41. The fourth-order valence-electron chi connectivity index (χ4n) is 2.97. The molecule has 0 bridgehead atoms. The highest BCUT2D eigenvalue weighted by molar-refractivity contribution is 6.05. The van der Waals surface area contributed by atoms with Crippen molar-refractivity contribution in [3.05, 3.63) is 77.5 Å². The van der Waals surface area contributed by atoms with Gasteiger partial charge in [0.15, 0.2) is 0 Å². The number of hydrogen-bond acceptors (Lipinski definition) is 3. The smallest absolute Gasteiger partial charge is 0.253 e.